The van der Waals surface area contributed by atoms with E-state index in [9.17, 15) is 14.9 Å². The second-order valence-corrected chi connectivity index (χ2v) is 8.78. The Morgan fingerprint density at radius 2 is 2.15 bits per heavy atom. The predicted molar refractivity (Wildman–Crippen MR) is 126 cm³/mol. The summed E-state index contributed by atoms with van der Waals surface area (Å²) >= 11 is 1.30. The molecule has 1 aromatic heterocycles. The van der Waals surface area contributed by atoms with E-state index in [1.165, 1.54) is 11.3 Å². The standard InChI is InChI=1S/C24H23N5O3S/c1-24(13-25)14-26-10-17-7-6-16(9-19(17)24)22(31)27-11-21(30)29-23-28-20(12-33-23)15-4-3-5-18(8-15)32-2/h3-9,12,26H,10-11,14H2,1-2H3,(H,27,31)(H,28,29,30). The van der Waals surface area contributed by atoms with Gasteiger partial charge in [0, 0.05) is 29.6 Å². The molecule has 0 radical (unpaired) electrons. The third-order valence-corrected chi connectivity index (χ3v) is 6.29. The van der Waals surface area contributed by atoms with Gasteiger partial charge in [0.25, 0.3) is 5.91 Å². The fraction of sp³-hybridized carbons (Fsp3) is 0.250. The second-order valence-electron chi connectivity index (χ2n) is 7.92. The van der Waals surface area contributed by atoms with E-state index in [0.717, 1.165) is 28.1 Å². The van der Waals surface area contributed by atoms with Gasteiger partial charge in [0.2, 0.25) is 5.91 Å². The number of nitrogens with one attached hydrogen (secondary N) is 3. The zero-order chi connectivity index (χ0) is 23.4. The molecule has 0 fully saturated rings. The van der Waals surface area contributed by atoms with Gasteiger partial charge in [-0.05, 0) is 42.3 Å². The van der Waals surface area contributed by atoms with Crippen LogP contribution >= 0.6 is 11.3 Å². The average molecular weight is 462 g/mol. The van der Waals surface area contributed by atoms with Crippen LogP contribution in [0.1, 0.15) is 28.4 Å². The van der Waals surface area contributed by atoms with Gasteiger partial charge >= 0.3 is 0 Å². The van der Waals surface area contributed by atoms with Crippen LogP contribution in [0.5, 0.6) is 5.75 Å². The Hall–Kier alpha value is -3.74. The van der Waals surface area contributed by atoms with Gasteiger partial charge in [-0.2, -0.15) is 5.26 Å². The number of hydrogen-bond acceptors (Lipinski definition) is 7. The van der Waals surface area contributed by atoms with E-state index in [1.54, 1.807) is 19.2 Å². The van der Waals surface area contributed by atoms with Crippen LogP contribution in [0.15, 0.2) is 47.8 Å². The van der Waals surface area contributed by atoms with Crippen LogP contribution in [-0.2, 0) is 16.8 Å². The number of carbonyl (C=O) groups is 2. The summed E-state index contributed by atoms with van der Waals surface area (Å²) in [5.74, 6) is -0.0239. The first kappa shape index (κ1) is 22.5. The van der Waals surface area contributed by atoms with Crippen LogP contribution in [0, 0.1) is 11.3 Å². The zero-order valence-electron chi connectivity index (χ0n) is 18.3. The normalized spacial score (nSPS) is 16.9. The quantitative estimate of drug-likeness (QED) is 0.520. The van der Waals surface area contributed by atoms with Gasteiger partial charge in [-0.25, -0.2) is 4.98 Å². The molecule has 1 unspecified atom stereocenters. The first-order chi connectivity index (χ1) is 15.9. The van der Waals surface area contributed by atoms with E-state index < -0.39 is 5.41 Å². The summed E-state index contributed by atoms with van der Waals surface area (Å²) in [6, 6.07) is 15.1. The highest BCUT2D eigenvalue weighted by atomic mass is 32.1. The third-order valence-electron chi connectivity index (χ3n) is 5.53. The molecule has 2 amide bonds. The summed E-state index contributed by atoms with van der Waals surface area (Å²) in [6.07, 6.45) is 0. The number of aromatic nitrogens is 1. The van der Waals surface area contributed by atoms with E-state index in [4.69, 9.17) is 4.74 Å². The fourth-order valence-electron chi connectivity index (χ4n) is 3.70. The first-order valence-corrected chi connectivity index (χ1v) is 11.2. The van der Waals surface area contributed by atoms with Gasteiger partial charge in [-0.1, -0.05) is 18.2 Å². The van der Waals surface area contributed by atoms with Crippen molar-refractivity contribution >= 4 is 28.3 Å². The number of ether oxygens (including phenoxy) is 1. The van der Waals surface area contributed by atoms with Crippen molar-refractivity contribution in [2.24, 2.45) is 0 Å². The molecule has 4 rings (SSSR count). The average Bonchev–Trinajstić information content (AvgIpc) is 3.31. The summed E-state index contributed by atoms with van der Waals surface area (Å²) in [5.41, 5.74) is 3.16. The maximum absolute atomic E-state index is 12.6. The number of anilines is 1. The molecule has 8 nitrogen and oxygen atoms in total. The van der Waals surface area contributed by atoms with Crippen LogP contribution in [0.2, 0.25) is 0 Å². The molecule has 168 valence electrons. The Labute approximate surface area is 195 Å². The van der Waals surface area contributed by atoms with Crippen molar-refractivity contribution in [1.82, 2.24) is 15.6 Å². The largest absolute Gasteiger partial charge is 0.497 e. The lowest BCUT2D eigenvalue weighted by Gasteiger charge is -2.30. The number of rotatable bonds is 6. The molecule has 33 heavy (non-hydrogen) atoms. The topological polar surface area (TPSA) is 116 Å². The molecule has 9 heteroatoms. The minimum atomic E-state index is -0.702. The Kier molecular flexibility index (Phi) is 6.40. The van der Waals surface area contributed by atoms with Gasteiger partial charge in [-0.15, -0.1) is 11.3 Å². The number of benzene rings is 2. The number of nitriles is 1. The number of nitrogens with zero attached hydrogens (tertiary/aromatic N) is 2. The molecule has 3 aromatic rings. The number of methoxy groups -OCH3 is 1. The van der Waals surface area contributed by atoms with Crippen LogP contribution in [0.3, 0.4) is 0 Å². The molecule has 2 heterocycles. The summed E-state index contributed by atoms with van der Waals surface area (Å²) in [6.45, 7) is 2.83. The van der Waals surface area contributed by atoms with E-state index in [1.807, 2.05) is 42.6 Å². The van der Waals surface area contributed by atoms with Crippen molar-refractivity contribution in [2.45, 2.75) is 18.9 Å². The maximum atomic E-state index is 12.6. The van der Waals surface area contributed by atoms with Crippen LogP contribution < -0.4 is 20.7 Å². The van der Waals surface area contributed by atoms with Crippen LogP contribution in [0.4, 0.5) is 5.13 Å². The minimum Gasteiger partial charge on any atom is -0.497 e. The SMILES string of the molecule is COc1cccc(-c2csc(NC(=O)CNC(=O)c3ccc4c(c3)C(C)(C#N)CNC4)n2)c1. The predicted octanol–water partition coefficient (Wildman–Crippen LogP) is 3.07. The lowest BCUT2D eigenvalue weighted by molar-refractivity contribution is -0.115. The highest BCUT2D eigenvalue weighted by Crippen LogP contribution is 2.30. The zero-order valence-corrected chi connectivity index (χ0v) is 19.1. The third kappa shape index (κ3) is 4.87. The van der Waals surface area contributed by atoms with Crippen molar-refractivity contribution in [2.75, 3.05) is 25.5 Å². The van der Waals surface area contributed by atoms with Gasteiger partial charge in [0.05, 0.1) is 30.8 Å². The molecule has 0 bridgehead atoms. The Morgan fingerprint density at radius 3 is 2.94 bits per heavy atom. The van der Waals surface area contributed by atoms with Crippen molar-refractivity contribution in [3.8, 4) is 23.1 Å². The molecule has 2 aromatic carbocycles. The van der Waals surface area contributed by atoms with E-state index in [0.29, 0.717) is 23.8 Å². The molecule has 0 saturated carbocycles. The summed E-state index contributed by atoms with van der Waals surface area (Å²) in [4.78, 5) is 29.4. The molecule has 0 saturated heterocycles. The number of carbonyl (C=O) groups excluding carboxylic acids is 2. The molecule has 1 aliphatic rings. The molecule has 1 aliphatic heterocycles. The fourth-order valence-corrected chi connectivity index (χ4v) is 4.44. The molecule has 3 N–H and O–H groups in total. The highest BCUT2D eigenvalue weighted by Gasteiger charge is 2.32. The molecular weight excluding hydrogens is 438 g/mol. The maximum Gasteiger partial charge on any atom is 0.251 e. The van der Waals surface area contributed by atoms with Crippen molar-refractivity contribution in [1.29, 1.82) is 5.26 Å². The van der Waals surface area contributed by atoms with Crippen molar-refractivity contribution in [3.05, 3.63) is 64.5 Å². The summed E-state index contributed by atoms with van der Waals surface area (Å²) < 4.78 is 5.23. The first-order valence-electron chi connectivity index (χ1n) is 10.4. The number of thiazole rings is 1. The smallest absolute Gasteiger partial charge is 0.251 e. The van der Waals surface area contributed by atoms with Crippen LogP contribution in [0.25, 0.3) is 11.3 Å². The van der Waals surface area contributed by atoms with Gasteiger partial charge in [0.1, 0.15) is 5.75 Å². The number of hydrogen-bond donors (Lipinski definition) is 3. The van der Waals surface area contributed by atoms with Gasteiger partial charge in [0.15, 0.2) is 5.13 Å². The summed E-state index contributed by atoms with van der Waals surface area (Å²) in [5, 5.41) is 20.4. The van der Waals surface area contributed by atoms with Gasteiger partial charge < -0.3 is 20.7 Å². The van der Waals surface area contributed by atoms with E-state index in [2.05, 4.69) is 27.0 Å². The second kappa shape index (κ2) is 9.40. The Morgan fingerprint density at radius 1 is 1.30 bits per heavy atom. The van der Waals surface area contributed by atoms with Crippen molar-refractivity contribution in [3.63, 3.8) is 0 Å². The monoisotopic (exact) mass is 461 g/mol. The lowest BCUT2D eigenvalue weighted by atomic mass is 9.78. The molecular formula is C24H23N5O3S. The van der Waals surface area contributed by atoms with E-state index >= 15 is 0 Å². The molecule has 0 aliphatic carbocycles. The number of fused-ring (bicyclic) bond motifs is 1. The minimum absolute atomic E-state index is 0.193. The Bertz CT molecular complexity index is 1250. The molecule has 1 atom stereocenters. The van der Waals surface area contributed by atoms with Crippen LogP contribution in [-0.4, -0.2) is 37.0 Å². The van der Waals surface area contributed by atoms with E-state index in [-0.39, 0.29) is 18.4 Å². The molecule has 0 spiro atoms. The highest BCUT2D eigenvalue weighted by molar-refractivity contribution is 7.14. The summed E-state index contributed by atoms with van der Waals surface area (Å²) in [7, 11) is 1.60. The number of amides is 2. The van der Waals surface area contributed by atoms with Crippen molar-refractivity contribution < 1.29 is 14.3 Å². The van der Waals surface area contributed by atoms with Gasteiger partial charge in [-0.3, -0.25) is 9.59 Å². The Balaban J connectivity index is 1.37. The lowest BCUT2D eigenvalue weighted by Crippen LogP contribution is -2.40.